The number of ether oxygens (including phenoxy) is 1. The molecule has 0 aliphatic rings. The molecular formula is C18H22N2O2S. The van der Waals surface area contributed by atoms with Crippen LogP contribution in [0.1, 0.15) is 17.2 Å². The largest absolute Gasteiger partial charge is 0.496 e. The Bertz CT molecular complexity index is 658. The lowest BCUT2D eigenvalue weighted by molar-refractivity contribution is -0.132. The van der Waals surface area contributed by atoms with Gasteiger partial charge in [0.1, 0.15) is 11.8 Å². The van der Waals surface area contributed by atoms with Crippen molar-refractivity contribution >= 4 is 17.7 Å². The topological polar surface area (TPSA) is 55.6 Å². The van der Waals surface area contributed by atoms with Gasteiger partial charge in [0, 0.05) is 24.1 Å². The molecule has 0 radical (unpaired) electrons. The van der Waals surface area contributed by atoms with Crippen molar-refractivity contribution in [3.63, 3.8) is 0 Å². The van der Waals surface area contributed by atoms with E-state index in [0.717, 1.165) is 5.56 Å². The summed E-state index contributed by atoms with van der Waals surface area (Å²) in [6.45, 7) is 0.524. The molecule has 4 nitrogen and oxygen atoms in total. The van der Waals surface area contributed by atoms with Gasteiger partial charge in [0.05, 0.1) is 7.11 Å². The Kier molecular flexibility index (Phi) is 6.07. The van der Waals surface area contributed by atoms with E-state index in [9.17, 15) is 4.79 Å². The maximum absolute atomic E-state index is 12.6. The Morgan fingerprint density at radius 3 is 2.48 bits per heavy atom. The standard InChI is InChI=1S/C18H22N2O2S/c1-20(12-13-8-10-14(23-3)11-9-13)18(21)17(19)15-6-4-5-7-16(15)22-2/h4-11,17H,12,19H2,1-3H3/t17-/m1/s1. The predicted molar refractivity (Wildman–Crippen MR) is 94.6 cm³/mol. The molecule has 0 aromatic heterocycles. The third-order valence-electron chi connectivity index (χ3n) is 3.70. The van der Waals surface area contributed by atoms with E-state index in [1.807, 2.05) is 42.7 Å². The highest BCUT2D eigenvalue weighted by atomic mass is 32.2. The number of benzene rings is 2. The zero-order chi connectivity index (χ0) is 16.8. The number of amides is 1. The number of thioether (sulfide) groups is 1. The fraction of sp³-hybridized carbons (Fsp3) is 0.278. The Hall–Kier alpha value is -1.98. The van der Waals surface area contributed by atoms with Crippen LogP contribution >= 0.6 is 11.8 Å². The van der Waals surface area contributed by atoms with Crippen LogP contribution in [0.3, 0.4) is 0 Å². The molecule has 23 heavy (non-hydrogen) atoms. The van der Waals surface area contributed by atoms with Gasteiger partial charge in [-0.3, -0.25) is 4.79 Å². The Balaban J connectivity index is 2.08. The number of hydrogen-bond donors (Lipinski definition) is 1. The van der Waals surface area contributed by atoms with Crippen molar-refractivity contribution in [1.29, 1.82) is 0 Å². The lowest BCUT2D eigenvalue weighted by Crippen LogP contribution is -2.35. The van der Waals surface area contributed by atoms with Gasteiger partial charge in [-0.15, -0.1) is 11.8 Å². The highest BCUT2D eigenvalue weighted by molar-refractivity contribution is 7.98. The number of hydrogen-bond acceptors (Lipinski definition) is 4. The van der Waals surface area contributed by atoms with Crippen LogP contribution < -0.4 is 10.5 Å². The monoisotopic (exact) mass is 330 g/mol. The second-order valence-electron chi connectivity index (χ2n) is 5.26. The highest BCUT2D eigenvalue weighted by Crippen LogP contribution is 2.25. The average molecular weight is 330 g/mol. The molecule has 0 saturated carbocycles. The maximum Gasteiger partial charge on any atom is 0.244 e. The van der Waals surface area contributed by atoms with E-state index in [4.69, 9.17) is 10.5 Å². The van der Waals surface area contributed by atoms with Gasteiger partial charge >= 0.3 is 0 Å². The van der Waals surface area contributed by atoms with Crippen LogP contribution in [-0.2, 0) is 11.3 Å². The number of para-hydroxylation sites is 1. The molecule has 1 atom stereocenters. The van der Waals surface area contributed by atoms with Crippen molar-refractivity contribution in [2.24, 2.45) is 5.73 Å². The molecular weight excluding hydrogens is 308 g/mol. The zero-order valence-electron chi connectivity index (χ0n) is 13.7. The normalized spacial score (nSPS) is 11.8. The van der Waals surface area contributed by atoms with E-state index < -0.39 is 6.04 Å². The predicted octanol–water partition coefficient (Wildman–Crippen LogP) is 3.08. The van der Waals surface area contributed by atoms with Gasteiger partial charge in [-0.05, 0) is 30.0 Å². The van der Waals surface area contributed by atoms with Gasteiger partial charge in [-0.1, -0.05) is 30.3 Å². The molecule has 0 saturated heterocycles. The van der Waals surface area contributed by atoms with Gasteiger partial charge in [-0.2, -0.15) is 0 Å². The Morgan fingerprint density at radius 2 is 1.87 bits per heavy atom. The van der Waals surface area contributed by atoms with Gasteiger partial charge in [0.2, 0.25) is 5.91 Å². The zero-order valence-corrected chi connectivity index (χ0v) is 14.5. The smallest absolute Gasteiger partial charge is 0.244 e. The minimum absolute atomic E-state index is 0.136. The second kappa shape index (κ2) is 8.04. The molecule has 2 N–H and O–H groups in total. The SMILES string of the molecule is COc1ccccc1[C@@H](N)C(=O)N(C)Cc1ccc(SC)cc1. The van der Waals surface area contributed by atoms with Crippen molar-refractivity contribution in [2.45, 2.75) is 17.5 Å². The van der Waals surface area contributed by atoms with Crippen LogP contribution in [0.5, 0.6) is 5.75 Å². The summed E-state index contributed by atoms with van der Waals surface area (Å²) in [5.74, 6) is 0.495. The summed E-state index contributed by atoms with van der Waals surface area (Å²) in [5, 5.41) is 0. The molecule has 2 rings (SSSR count). The Morgan fingerprint density at radius 1 is 1.22 bits per heavy atom. The summed E-state index contributed by atoms with van der Waals surface area (Å²) >= 11 is 1.69. The first kappa shape index (κ1) is 17.4. The molecule has 0 fully saturated rings. The summed E-state index contributed by atoms with van der Waals surface area (Å²) in [4.78, 5) is 15.4. The van der Waals surface area contributed by atoms with Gasteiger partial charge < -0.3 is 15.4 Å². The van der Waals surface area contributed by atoms with Crippen molar-refractivity contribution in [1.82, 2.24) is 4.90 Å². The van der Waals surface area contributed by atoms with E-state index in [1.165, 1.54) is 4.90 Å². The first-order chi connectivity index (χ1) is 11.1. The van der Waals surface area contributed by atoms with Crippen LogP contribution in [0.4, 0.5) is 0 Å². The molecule has 2 aromatic rings. The molecule has 2 aromatic carbocycles. The number of methoxy groups -OCH3 is 1. The Labute approximate surface area is 141 Å². The fourth-order valence-corrected chi connectivity index (χ4v) is 2.78. The van der Waals surface area contributed by atoms with Gasteiger partial charge in [0.25, 0.3) is 0 Å². The van der Waals surface area contributed by atoms with Gasteiger partial charge in [-0.25, -0.2) is 0 Å². The molecule has 0 unspecified atom stereocenters. The van der Waals surface area contributed by atoms with E-state index in [1.54, 1.807) is 30.8 Å². The van der Waals surface area contributed by atoms with E-state index in [-0.39, 0.29) is 5.91 Å². The molecule has 0 aliphatic heterocycles. The van der Waals surface area contributed by atoms with Crippen molar-refractivity contribution in [3.05, 3.63) is 59.7 Å². The van der Waals surface area contributed by atoms with E-state index in [2.05, 4.69) is 12.1 Å². The maximum atomic E-state index is 12.6. The minimum Gasteiger partial charge on any atom is -0.496 e. The third kappa shape index (κ3) is 4.27. The summed E-state index contributed by atoms with van der Waals surface area (Å²) in [7, 11) is 3.34. The molecule has 1 amide bonds. The molecule has 122 valence electrons. The van der Waals surface area contributed by atoms with Crippen molar-refractivity contribution in [3.8, 4) is 5.75 Å². The van der Waals surface area contributed by atoms with Crippen LogP contribution in [0, 0.1) is 0 Å². The summed E-state index contributed by atoms with van der Waals surface area (Å²) in [5.41, 5.74) is 7.91. The summed E-state index contributed by atoms with van der Waals surface area (Å²) in [6, 6.07) is 14.8. The number of likely N-dealkylation sites (N-methyl/N-ethyl adjacent to an activating group) is 1. The van der Waals surface area contributed by atoms with Crippen LogP contribution in [0.25, 0.3) is 0 Å². The fourth-order valence-electron chi connectivity index (χ4n) is 2.38. The molecule has 0 spiro atoms. The number of carbonyl (C=O) groups is 1. The van der Waals surface area contributed by atoms with E-state index >= 15 is 0 Å². The summed E-state index contributed by atoms with van der Waals surface area (Å²) < 4.78 is 5.29. The quantitative estimate of drug-likeness (QED) is 0.827. The van der Waals surface area contributed by atoms with Crippen LogP contribution in [0.15, 0.2) is 53.4 Å². The molecule has 0 heterocycles. The molecule has 0 bridgehead atoms. The number of rotatable bonds is 6. The number of nitrogens with two attached hydrogens (primary N) is 1. The highest BCUT2D eigenvalue weighted by Gasteiger charge is 2.22. The van der Waals surface area contributed by atoms with Gasteiger partial charge in [0.15, 0.2) is 0 Å². The van der Waals surface area contributed by atoms with Crippen molar-refractivity contribution < 1.29 is 9.53 Å². The summed E-state index contributed by atoms with van der Waals surface area (Å²) in [6.07, 6.45) is 2.04. The first-order valence-corrected chi connectivity index (χ1v) is 8.55. The molecule has 5 heteroatoms. The average Bonchev–Trinajstić information content (AvgIpc) is 2.61. The first-order valence-electron chi connectivity index (χ1n) is 7.33. The third-order valence-corrected chi connectivity index (χ3v) is 4.44. The van der Waals surface area contributed by atoms with Crippen molar-refractivity contribution in [2.75, 3.05) is 20.4 Å². The molecule has 0 aliphatic carbocycles. The van der Waals surface area contributed by atoms with E-state index in [0.29, 0.717) is 17.9 Å². The lowest BCUT2D eigenvalue weighted by atomic mass is 10.0. The van der Waals surface area contributed by atoms with Crippen LogP contribution in [-0.4, -0.2) is 31.2 Å². The minimum atomic E-state index is -0.735. The second-order valence-corrected chi connectivity index (χ2v) is 6.14. The lowest BCUT2D eigenvalue weighted by Gasteiger charge is -2.22. The van der Waals surface area contributed by atoms with Crippen LogP contribution in [0.2, 0.25) is 0 Å². The number of nitrogens with zero attached hydrogens (tertiary/aromatic N) is 1. The number of carbonyl (C=O) groups excluding carboxylic acids is 1.